The Labute approximate surface area is 111 Å². The van der Waals surface area contributed by atoms with Crippen LogP contribution in [0.15, 0.2) is 0 Å². The molecule has 0 spiro atoms. The highest BCUT2D eigenvalue weighted by Crippen LogP contribution is 2.28. The second kappa shape index (κ2) is 5.94. The van der Waals surface area contributed by atoms with Crippen LogP contribution in [0, 0.1) is 5.92 Å². The topological polar surface area (TPSA) is 6.48 Å². The third kappa shape index (κ3) is 3.18. The molecule has 2 heterocycles. The lowest BCUT2D eigenvalue weighted by atomic mass is 9.97. The molecule has 3 heteroatoms. The van der Waals surface area contributed by atoms with E-state index in [9.17, 15) is 0 Å². The van der Waals surface area contributed by atoms with Crippen LogP contribution in [0.2, 0.25) is 0 Å². The predicted molar refractivity (Wildman–Crippen MR) is 77.8 cm³/mol. The summed E-state index contributed by atoms with van der Waals surface area (Å²) in [7, 11) is 0. The molecule has 100 valence electrons. The number of nitrogens with zero attached hydrogens (tertiary/aromatic N) is 2. The third-order valence-electron chi connectivity index (χ3n) is 4.50. The molecule has 2 fully saturated rings. The summed E-state index contributed by atoms with van der Waals surface area (Å²) in [6.45, 7) is 12.4. The van der Waals surface area contributed by atoms with E-state index in [1.807, 2.05) is 11.8 Å². The van der Waals surface area contributed by atoms with E-state index in [0.717, 1.165) is 23.3 Å². The lowest BCUT2D eigenvalue weighted by Gasteiger charge is -2.46. The van der Waals surface area contributed by atoms with Gasteiger partial charge in [0.15, 0.2) is 0 Å². The number of hydrogen-bond donors (Lipinski definition) is 0. The Hall–Kier alpha value is 0.270. The summed E-state index contributed by atoms with van der Waals surface area (Å²) in [5.74, 6) is 0.783. The number of rotatable bonds is 4. The molecule has 3 unspecified atom stereocenters. The van der Waals surface area contributed by atoms with E-state index in [-0.39, 0.29) is 0 Å². The molecule has 0 saturated carbocycles. The van der Waals surface area contributed by atoms with Crippen molar-refractivity contribution in [3.63, 3.8) is 0 Å². The molecule has 0 aromatic rings. The highest BCUT2D eigenvalue weighted by atomic mass is 32.2. The first kappa shape index (κ1) is 13.7. The highest BCUT2D eigenvalue weighted by Gasteiger charge is 2.37. The molecule has 2 aliphatic heterocycles. The second-order valence-corrected chi connectivity index (χ2v) is 7.38. The summed E-state index contributed by atoms with van der Waals surface area (Å²) in [6.07, 6.45) is 5.08. The minimum absolute atomic E-state index is 0.768. The van der Waals surface area contributed by atoms with Crippen molar-refractivity contribution >= 4 is 11.8 Å². The molecule has 0 aromatic heterocycles. The van der Waals surface area contributed by atoms with Crippen molar-refractivity contribution in [1.82, 2.24) is 9.80 Å². The Kier molecular flexibility index (Phi) is 4.79. The minimum Gasteiger partial charge on any atom is -0.298 e. The SMILES string of the molecule is CSC(C)CN1CC2CCCN2CC1C(C)C. The highest BCUT2D eigenvalue weighted by molar-refractivity contribution is 7.99. The third-order valence-corrected chi connectivity index (χ3v) is 5.45. The molecule has 0 amide bonds. The summed E-state index contributed by atoms with van der Waals surface area (Å²) in [5.41, 5.74) is 0. The number of hydrogen-bond acceptors (Lipinski definition) is 3. The van der Waals surface area contributed by atoms with Gasteiger partial charge in [0.25, 0.3) is 0 Å². The molecule has 2 nitrogen and oxygen atoms in total. The first-order valence-corrected chi connectivity index (χ1v) is 8.41. The van der Waals surface area contributed by atoms with E-state index in [0.29, 0.717) is 0 Å². The van der Waals surface area contributed by atoms with Crippen molar-refractivity contribution in [3.05, 3.63) is 0 Å². The van der Waals surface area contributed by atoms with Crippen molar-refractivity contribution in [2.45, 2.75) is 50.9 Å². The Bertz CT molecular complexity index is 244. The monoisotopic (exact) mass is 256 g/mol. The van der Waals surface area contributed by atoms with Crippen molar-refractivity contribution < 1.29 is 0 Å². The van der Waals surface area contributed by atoms with Gasteiger partial charge in [-0.1, -0.05) is 20.8 Å². The maximum absolute atomic E-state index is 2.78. The quantitative estimate of drug-likeness (QED) is 0.763. The Morgan fingerprint density at radius 3 is 2.65 bits per heavy atom. The number of piperazine rings is 1. The molecule has 17 heavy (non-hydrogen) atoms. The van der Waals surface area contributed by atoms with Gasteiger partial charge in [-0.2, -0.15) is 11.8 Å². The molecule has 0 aliphatic carbocycles. The van der Waals surface area contributed by atoms with Gasteiger partial charge in [-0.15, -0.1) is 0 Å². The fourth-order valence-electron chi connectivity index (χ4n) is 3.35. The van der Waals surface area contributed by atoms with Gasteiger partial charge in [0, 0.05) is 37.0 Å². The van der Waals surface area contributed by atoms with Gasteiger partial charge in [-0.05, 0) is 31.6 Å². The van der Waals surface area contributed by atoms with Crippen molar-refractivity contribution in [2.24, 2.45) is 5.92 Å². The summed E-state index contributed by atoms with van der Waals surface area (Å²) >= 11 is 2.00. The van der Waals surface area contributed by atoms with Crippen molar-refractivity contribution in [1.29, 1.82) is 0 Å². The van der Waals surface area contributed by atoms with E-state index < -0.39 is 0 Å². The molecule has 2 saturated heterocycles. The molecule has 0 radical (unpaired) electrons. The fraction of sp³-hybridized carbons (Fsp3) is 1.00. The van der Waals surface area contributed by atoms with Crippen LogP contribution in [-0.4, -0.2) is 59.6 Å². The van der Waals surface area contributed by atoms with Crippen LogP contribution in [0.5, 0.6) is 0 Å². The largest absolute Gasteiger partial charge is 0.298 e. The summed E-state index contributed by atoms with van der Waals surface area (Å²) in [6, 6.07) is 1.64. The Balaban J connectivity index is 2.00. The number of thioether (sulfide) groups is 1. The van der Waals surface area contributed by atoms with Gasteiger partial charge in [0.2, 0.25) is 0 Å². The average molecular weight is 256 g/mol. The zero-order valence-corrected chi connectivity index (χ0v) is 12.7. The van der Waals surface area contributed by atoms with E-state index >= 15 is 0 Å². The van der Waals surface area contributed by atoms with Crippen LogP contribution in [0.1, 0.15) is 33.6 Å². The van der Waals surface area contributed by atoms with Crippen LogP contribution < -0.4 is 0 Å². The average Bonchev–Trinajstić information content (AvgIpc) is 2.74. The van der Waals surface area contributed by atoms with Gasteiger partial charge in [-0.25, -0.2) is 0 Å². The molecule has 2 aliphatic rings. The molecule has 0 bridgehead atoms. The molecule has 0 N–H and O–H groups in total. The second-order valence-electron chi connectivity index (χ2n) is 6.10. The lowest BCUT2D eigenvalue weighted by molar-refractivity contribution is 0.0305. The smallest absolute Gasteiger partial charge is 0.0247 e. The van der Waals surface area contributed by atoms with Crippen molar-refractivity contribution in [3.8, 4) is 0 Å². The zero-order valence-electron chi connectivity index (χ0n) is 11.9. The van der Waals surface area contributed by atoms with Gasteiger partial charge in [0.05, 0.1) is 0 Å². The molecule has 0 aromatic carbocycles. The van der Waals surface area contributed by atoms with Gasteiger partial charge < -0.3 is 0 Å². The van der Waals surface area contributed by atoms with Gasteiger partial charge in [0.1, 0.15) is 0 Å². The van der Waals surface area contributed by atoms with Crippen LogP contribution in [0.25, 0.3) is 0 Å². The van der Waals surface area contributed by atoms with Crippen LogP contribution in [0.4, 0.5) is 0 Å². The summed E-state index contributed by atoms with van der Waals surface area (Å²) < 4.78 is 0. The Morgan fingerprint density at radius 1 is 1.24 bits per heavy atom. The number of fused-ring (bicyclic) bond motifs is 1. The van der Waals surface area contributed by atoms with Crippen molar-refractivity contribution in [2.75, 3.05) is 32.4 Å². The zero-order chi connectivity index (χ0) is 12.4. The first-order valence-electron chi connectivity index (χ1n) is 7.12. The lowest BCUT2D eigenvalue weighted by Crippen LogP contribution is -2.58. The van der Waals surface area contributed by atoms with E-state index in [2.05, 4.69) is 36.8 Å². The van der Waals surface area contributed by atoms with Crippen LogP contribution >= 0.6 is 11.8 Å². The molecular weight excluding hydrogens is 228 g/mol. The minimum atomic E-state index is 0.768. The van der Waals surface area contributed by atoms with Crippen LogP contribution in [-0.2, 0) is 0 Å². The van der Waals surface area contributed by atoms with Gasteiger partial charge >= 0.3 is 0 Å². The summed E-state index contributed by atoms with van der Waals surface area (Å²) in [5, 5.41) is 0.768. The fourth-order valence-corrected chi connectivity index (χ4v) is 3.69. The molecule has 2 rings (SSSR count). The maximum atomic E-state index is 2.78. The maximum Gasteiger partial charge on any atom is 0.0247 e. The molecule has 3 atom stereocenters. The standard InChI is InChI=1S/C14H28N2S/c1-11(2)14-10-15-7-5-6-13(15)9-16(14)8-12(3)17-4/h11-14H,5-10H2,1-4H3. The van der Waals surface area contributed by atoms with E-state index in [4.69, 9.17) is 0 Å². The first-order chi connectivity index (χ1) is 8.11. The van der Waals surface area contributed by atoms with E-state index in [1.165, 1.54) is 39.0 Å². The van der Waals surface area contributed by atoms with Gasteiger partial charge in [-0.3, -0.25) is 9.80 Å². The summed E-state index contributed by atoms with van der Waals surface area (Å²) in [4.78, 5) is 5.52. The predicted octanol–water partition coefficient (Wildman–Crippen LogP) is 2.54. The van der Waals surface area contributed by atoms with E-state index in [1.54, 1.807) is 0 Å². The van der Waals surface area contributed by atoms with Crippen LogP contribution in [0.3, 0.4) is 0 Å². The normalized spacial score (nSPS) is 33.0. The Morgan fingerprint density at radius 2 is 2.00 bits per heavy atom. The molecular formula is C14H28N2S.